The Balaban J connectivity index is 1.37. The molecule has 1 aliphatic heterocycles. The van der Waals surface area contributed by atoms with E-state index in [0.29, 0.717) is 69.7 Å². The minimum absolute atomic E-state index is 0.0896. The fourth-order valence-electron chi connectivity index (χ4n) is 6.61. The summed E-state index contributed by atoms with van der Waals surface area (Å²) < 4.78 is 28.8. The lowest BCUT2D eigenvalue weighted by molar-refractivity contribution is -0.160. The molecular formula is C37H33FN4O6. The van der Waals surface area contributed by atoms with Crippen LogP contribution in [-0.2, 0) is 16.0 Å². The summed E-state index contributed by atoms with van der Waals surface area (Å²) >= 11 is 0. The Morgan fingerprint density at radius 3 is 2.48 bits per heavy atom. The van der Waals surface area contributed by atoms with E-state index < -0.39 is 29.4 Å². The van der Waals surface area contributed by atoms with Crippen LogP contribution >= 0.6 is 0 Å². The van der Waals surface area contributed by atoms with Gasteiger partial charge in [0.1, 0.15) is 0 Å². The van der Waals surface area contributed by atoms with Gasteiger partial charge in [-0.05, 0) is 88.4 Å². The van der Waals surface area contributed by atoms with Gasteiger partial charge < -0.3 is 19.9 Å². The Morgan fingerprint density at radius 1 is 1.02 bits per heavy atom. The van der Waals surface area contributed by atoms with Crippen LogP contribution in [-0.4, -0.2) is 49.6 Å². The number of aliphatic carboxylic acids is 1. The number of aryl methyl sites for hydroxylation is 1. The number of nitrogens with zero attached hydrogens (tertiary/aromatic N) is 3. The van der Waals surface area contributed by atoms with E-state index in [1.807, 2.05) is 19.1 Å². The second-order valence-corrected chi connectivity index (χ2v) is 13.1. The minimum atomic E-state index is -1.47. The van der Waals surface area contributed by atoms with Crippen LogP contribution in [0.1, 0.15) is 82.0 Å². The maximum Gasteiger partial charge on any atom is 0.337 e. The third-order valence-electron chi connectivity index (χ3n) is 8.71. The van der Waals surface area contributed by atoms with Gasteiger partial charge in [-0.25, -0.2) is 18.7 Å². The molecule has 0 fully saturated rings. The van der Waals surface area contributed by atoms with Crippen LogP contribution in [0.3, 0.4) is 0 Å². The number of benzene rings is 3. The third-order valence-corrected chi connectivity index (χ3v) is 8.71. The van der Waals surface area contributed by atoms with E-state index in [2.05, 4.69) is 15.4 Å². The number of halogens is 1. The molecule has 3 heterocycles. The van der Waals surface area contributed by atoms with Crippen LogP contribution in [0.4, 0.5) is 10.2 Å². The number of anilines is 1. The number of ether oxygens (including phenoxy) is 2. The zero-order valence-corrected chi connectivity index (χ0v) is 27.1. The first kappa shape index (κ1) is 31.2. The summed E-state index contributed by atoms with van der Waals surface area (Å²) in [5.74, 6) is -2.03. The zero-order valence-electron chi connectivity index (χ0n) is 27.1. The number of rotatable bonds is 6. The van der Waals surface area contributed by atoms with Gasteiger partial charge in [-0.1, -0.05) is 24.3 Å². The van der Waals surface area contributed by atoms with Crippen molar-refractivity contribution in [2.24, 2.45) is 0 Å². The number of hydrogen-bond donors (Lipinski definition) is 2. The summed E-state index contributed by atoms with van der Waals surface area (Å²) in [4.78, 5) is 43.8. The van der Waals surface area contributed by atoms with Crippen molar-refractivity contribution in [1.82, 2.24) is 14.6 Å². The molecule has 0 radical (unpaired) electrons. The number of carbonyl (C=O) groups excluding carboxylic acids is 2. The standard InChI is InChI=1S/C37H33FN4O6/c1-18-21-11-8-14-47-33(21)27(38)16-25(18)31-30(34(36(45)46)48-37(3,4)5)19(2)39-29-17-28(41-42(29)31)40-35(44)20-12-13-24-26(15-20)22-9-6-7-10-23(22)32(24)43/h6-7,9-10,12-13,15-17,34H,8,11,14H2,1-5H3,(H,45,46)(H,40,41,44)/t34-/m0/s1. The third kappa shape index (κ3) is 5.20. The molecule has 48 heavy (non-hydrogen) atoms. The second-order valence-electron chi connectivity index (χ2n) is 13.1. The molecule has 1 amide bonds. The lowest BCUT2D eigenvalue weighted by Crippen LogP contribution is -2.29. The molecule has 5 aromatic rings. The number of fused-ring (bicyclic) bond motifs is 5. The highest BCUT2D eigenvalue weighted by Gasteiger charge is 2.35. The Labute approximate surface area is 275 Å². The summed E-state index contributed by atoms with van der Waals surface area (Å²) in [6.07, 6.45) is -0.169. The highest BCUT2D eigenvalue weighted by Crippen LogP contribution is 2.42. The summed E-state index contributed by atoms with van der Waals surface area (Å²) in [6.45, 7) is 9.17. The fourth-order valence-corrected chi connectivity index (χ4v) is 6.61. The largest absolute Gasteiger partial charge is 0.490 e. The molecule has 2 N–H and O–H groups in total. The number of carboxylic acids is 1. The molecule has 0 unspecified atom stereocenters. The predicted molar refractivity (Wildman–Crippen MR) is 176 cm³/mol. The van der Waals surface area contributed by atoms with Crippen molar-refractivity contribution >= 4 is 29.1 Å². The summed E-state index contributed by atoms with van der Waals surface area (Å²) in [6, 6.07) is 15.1. The fraction of sp³-hybridized carbons (Fsp3) is 0.270. The molecule has 2 aromatic heterocycles. The van der Waals surface area contributed by atoms with Crippen molar-refractivity contribution < 1.29 is 33.4 Å². The molecule has 1 atom stereocenters. The van der Waals surface area contributed by atoms with Crippen molar-refractivity contribution in [3.63, 3.8) is 0 Å². The summed E-state index contributed by atoms with van der Waals surface area (Å²) in [5.41, 5.74) is 5.01. The van der Waals surface area contributed by atoms with Crippen LogP contribution in [0.15, 0.2) is 54.6 Å². The van der Waals surface area contributed by atoms with Crippen LogP contribution in [0, 0.1) is 19.7 Å². The molecule has 0 saturated carbocycles. The molecule has 1 aliphatic carbocycles. The van der Waals surface area contributed by atoms with Crippen LogP contribution < -0.4 is 10.1 Å². The molecule has 244 valence electrons. The lowest BCUT2D eigenvalue weighted by Gasteiger charge is -2.28. The van der Waals surface area contributed by atoms with Crippen molar-refractivity contribution in [2.75, 3.05) is 11.9 Å². The number of amides is 1. The van der Waals surface area contributed by atoms with E-state index in [-0.39, 0.29) is 28.6 Å². The molecule has 0 spiro atoms. The van der Waals surface area contributed by atoms with Crippen LogP contribution in [0.25, 0.3) is 28.0 Å². The predicted octanol–water partition coefficient (Wildman–Crippen LogP) is 6.88. The van der Waals surface area contributed by atoms with Crippen molar-refractivity contribution in [2.45, 2.75) is 59.2 Å². The van der Waals surface area contributed by atoms with Crippen LogP contribution in [0.5, 0.6) is 5.75 Å². The van der Waals surface area contributed by atoms with Gasteiger partial charge in [0, 0.05) is 45.1 Å². The molecule has 0 saturated heterocycles. The van der Waals surface area contributed by atoms with E-state index >= 15 is 4.39 Å². The van der Waals surface area contributed by atoms with Crippen molar-refractivity contribution in [3.05, 3.63) is 99.5 Å². The van der Waals surface area contributed by atoms with E-state index in [1.165, 1.54) is 10.6 Å². The SMILES string of the molecule is Cc1nc2cc(NC(=O)c3ccc4c(c3)-c3ccccc3C4=O)nn2c(-c2cc(F)c3c(c2C)CCCO3)c1[C@H](OC(C)(C)C)C(=O)O. The molecule has 7 rings (SSSR count). The highest BCUT2D eigenvalue weighted by molar-refractivity contribution is 6.22. The van der Waals surface area contributed by atoms with E-state index in [0.717, 1.165) is 5.56 Å². The smallest absolute Gasteiger partial charge is 0.337 e. The van der Waals surface area contributed by atoms with E-state index in [4.69, 9.17) is 9.47 Å². The molecular weight excluding hydrogens is 615 g/mol. The Kier molecular flexibility index (Phi) is 7.39. The van der Waals surface area contributed by atoms with Gasteiger partial charge in [-0.2, -0.15) is 0 Å². The number of aromatic nitrogens is 3. The minimum Gasteiger partial charge on any atom is -0.490 e. The lowest BCUT2D eigenvalue weighted by atomic mass is 9.91. The Bertz CT molecular complexity index is 2200. The molecule has 0 bridgehead atoms. The van der Waals surface area contributed by atoms with Gasteiger partial charge in [-0.15, -0.1) is 5.10 Å². The van der Waals surface area contributed by atoms with Gasteiger partial charge in [0.05, 0.1) is 17.9 Å². The van der Waals surface area contributed by atoms with Crippen molar-refractivity contribution in [1.29, 1.82) is 0 Å². The maximum atomic E-state index is 15.6. The molecule has 10 nitrogen and oxygen atoms in total. The average molecular weight is 649 g/mol. The number of ketones is 1. The Hall–Kier alpha value is -5.42. The summed E-state index contributed by atoms with van der Waals surface area (Å²) in [5, 5.41) is 17.9. The van der Waals surface area contributed by atoms with Gasteiger partial charge in [0.15, 0.2) is 34.9 Å². The number of carboxylic acid groups (broad SMARTS) is 1. The van der Waals surface area contributed by atoms with Gasteiger partial charge in [0.2, 0.25) is 0 Å². The number of nitrogens with one attached hydrogen (secondary N) is 1. The Morgan fingerprint density at radius 2 is 1.75 bits per heavy atom. The monoisotopic (exact) mass is 648 g/mol. The summed E-state index contributed by atoms with van der Waals surface area (Å²) in [7, 11) is 0. The number of carbonyl (C=O) groups is 3. The number of hydrogen-bond acceptors (Lipinski definition) is 7. The van der Waals surface area contributed by atoms with Crippen molar-refractivity contribution in [3.8, 4) is 28.1 Å². The first-order chi connectivity index (χ1) is 22.8. The van der Waals surface area contributed by atoms with E-state index in [9.17, 15) is 19.5 Å². The van der Waals surface area contributed by atoms with E-state index in [1.54, 1.807) is 64.1 Å². The van der Waals surface area contributed by atoms with Gasteiger partial charge in [-0.3, -0.25) is 9.59 Å². The molecule has 2 aliphatic rings. The molecule has 3 aromatic carbocycles. The quantitative estimate of drug-likeness (QED) is 0.200. The maximum absolute atomic E-state index is 15.6. The van der Waals surface area contributed by atoms with Crippen LogP contribution in [0.2, 0.25) is 0 Å². The first-order valence-corrected chi connectivity index (χ1v) is 15.7. The zero-order chi connectivity index (χ0) is 34.1. The first-order valence-electron chi connectivity index (χ1n) is 15.7. The highest BCUT2D eigenvalue weighted by atomic mass is 19.1. The second kappa shape index (κ2) is 11.4. The normalized spacial score (nSPS) is 14.2. The average Bonchev–Trinajstić information content (AvgIpc) is 3.58. The van der Waals surface area contributed by atoms with Gasteiger partial charge in [0.25, 0.3) is 5.91 Å². The molecule has 11 heteroatoms. The topological polar surface area (TPSA) is 132 Å². The van der Waals surface area contributed by atoms with Gasteiger partial charge >= 0.3 is 5.97 Å².